The van der Waals surface area contributed by atoms with E-state index in [1.165, 1.54) is 10.9 Å². The van der Waals surface area contributed by atoms with Crippen LogP contribution >= 0.6 is 0 Å². The van der Waals surface area contributed by atoms with Gasteiger partial charge in [-0.1, -0.05) is 0 Å². The second-order valence-corrected chi connectivity index (χ2v) is 7.35. The SMILES string of the molecule is CN(C)[C@@H]1CC[C@H](CO)CN(C(=O)c2ccc3c(=O)n(C)cnc3c2)C1. The fourth-order valence-electron chi connectivity index (χ4n) is 3.51. The average molecular weight is 358 g/mol. The van der Waals surface area contributed by atoms with Crippen molar-refractivity contribution in [1.82, 2.24) is 19.4 Å². The molecule has 7 heteroatoms. The summed E-state index contributed by atoms with van der Waals surface area (Å²) in [5, 5.41) is 10.1. The van der Waals surface area contributed by atoms with Gasteiger partial charge in [0.1, 0.15) is 0 Å². The van der Waals surface area contributed by atoms with E-state index in [-0.39, 0.29) is 30.0 Å². The molecule has 1 aliphatic heterocycles. The van der Waals surface area contributed by atoms with Crippen molar-refractivity contribution in [3.8, 4) is 0 Å². The van der Waals surface area contributed by atoms with Gasteiger partial charge in [0.2, 0.25) is 0 Å². The first-order valence-electron chi connectivity index (χ1n) is 8.92. The minimum Gasteiger partial charge on any atom is -0.396 e. The van der Waals surface area contributed by atoms with Gasteiger partial charge < -0.3 is 19.5 Å². The maximum atomic E-state index is 13.1. The van der Waals surface area contributed by atoms with Crippen molar-refractivity contribution in [3.63, 3.8) is 0 Å². The van der Waals surface area contributed by atoms with Crippen molar-refractivity contribution in [3.05, 3.63) is 40.4 Å². The van der Waals surface area contributed by atoms with Crippen LogP contribution in [0.4, 0.5) is 0 Å². The Hall–Kier alpha value is -2.25. The quantitative estimate of drug-likeness (QED) is 0.874. The Balaban J connectivity index is 1.92. The zero-order valence-electron chi connectivity index (χ0n) is 15.6. The van der Waals surface area contributed by atoms with Gasteiger partial charge in [-0.15, -0.1) is 0 Å². The normalized spacial score (nSPS) is 21.2. The molecule has 0 saturated carbocycles. The second-order valence-electron chi connectivity index (χ2n) is 7.35. The number of hydrogen-bond donors (Lipinski definition) is 1. The molecule has 1 fully saturated rings. The molecule has 0 radical (unpaired) electrons. The molecule has 26 heavy (non-hydrogen) atoms. The van der Waals surface area contributed by atoms with Crippen molar-refractivity contribution in [2.45, 2.75) is 18.9 Å². The fraction of sp³-hybridized carbons (Fsp3) is 0.526. The van der Waals surface area contributed by atoms with E-state index in [4.69, 9.17) is 0 Å². The van der Waals surface area contributed by atoms with Gasteiger partial charge in [0.15, 0.2) is 0 Å². The summed E-state index contributed by atoms with van der Waals surface area (Å²) in [7, 11) is 5.69. The summed E-state index contributed by atoms with van der Waals surface area (Å²) in [4.78, 5) is 33.5. The summed E-state index contributed by atoms with van der Waals surface area (Å²) in [6, 6.07) is 5.31. The van der Waals surface area contributed by atoms with Gasteiger partial charge in [-0.2, -0.15) is 0 Å². The number of likely N-dealkylation sites (N-methyl/N-ethyl adjacent to an activating group) is 1. The van der Waals surface area contributed by atoms with Gasteiger partial charge in [0.05, 0.1) is 17.2 Å². The Kier molecular flexibility index (Phi) is 5.38. The molecule has 1 saturated heterocycles. The third-order valence-electron chi connectivity index (χ3n) is 5.26. The fourth-order valence-corrected chi connectivity index (χ4v) is 3.51. The van der Waals surface area contributed by atoms with Crippen LogP contribution in [0.15, 0.2) is 29.3 Å². The number of aromatic nitrogens is 2. The Morgan fingerprint density at radius 1 is 1.31 bits per heavy atom. The summed E-state index contributed by atoms with van der Waals surface area (Å²) in [5.41, 5.74) is 0.919. The van der Waals surface area contributed by atoms with E-state index in [0.29, 0.717) is 29.6 Å². The zero-order chi connectivity index (χ0) is 18.8. The zero-order valence-corrected chi connectivity index (χ0v) is 15.6. The van der Waals surface area contributed by atoms with Crippen molar-refractivity contribution < 1.29 is 9.90 Å². The number of amides is 1. The number of aryl methyl sites for hydroxylation is 1. The van der Waals surface area contributed by atoms with E-state index in [0.717, 1.165) is 12.8 Å². The molecule has 2 aromatic rings. The molecule has 2 atom stereocenters. The Morgan fingerprint density at radius 3 is 2.77 bits per heavy atom. The molecular formula is C19H26N4O3. The van der Waals surface area contributed by atoms with Crippen LogP contribution in [-0.2, 0) is 7.05 Å². The molecule has 3 rings (SSSR count). The van der Waals surface area contributed by atoms with Gasteiger partial charge >= 0.3 is 0 Å². The van der Waals surface area contributed by atoms with Gasteiger partial charge in [0.25, 0.3) is 11.5 Å². The molecule has 0 aliphatic carbocycles. The van der Waals surface area contributed by atoms with Gasteiger partial charge in [-0.3, -0.25) is 9.59 Å². The number of aliphatic hydroxyl groups is 1. The number of rotatable bonds is 3. The number of fused-ring (bicyclic) bond motifs is 1. The minimum absolute atomic E-state index is 0.0819. The van der Waals surface area contributed by atoms with Gasteiger partial charge in [0, 0.05) is 38.3 Å². The second kappa shape index (κ2) is 7.55. The Bertz CT molecular complexity index is 861. The molecule has 140 valence electrons. The van der Waals surface area contributed by atoms with Crippen LogP contribution in [0.3, 0.4) is 0 Å². The highest BCUT2D eigenvalue weighted by Gasteiger charge is 2.28. The standard InChI is InChI=1S/C19H26N4O3/c1-21(2)15-6-4-13(11-24)9-23(10-15)18(25)14-5-7-16-17(8-14)20-12-22(3)19(16)26/h5,7-8,12-13,15,24H,4,6,9-11H2,1-3H3/t13-,15+/m0/s1. The summed E-state index contributed by atoms with van der Waals surface area (Å²) in [6.07, 6.45) is 3.32. The molecule has 1 aromatic carbocycles. The third kappa shape index (κ3) is 3.64. The van der Waals surface area contributed by atoms with Gasteiger partial charge in [-0.05, 0) is 51.1 Å². The summed E-state index contributed by atoms with van der Waals surface area (Å²) >= 11 is 0. The van der Waals surface area contributed by atoms with E-state index in [2.05, 4.69) is 9.88 Å². The first-order chi connectivity index (χ1) is 12.4. The average Bonchev–Trinajstić information content (AvgIpc) is 2.87. The highest BCUT2D eigenvalue weighted by atomic mass is 16.3. The molecule has 1 aromatic heterocycles. The smallest absolute Gasteiger partial charge is 0.260 e. The van der Waals surface area contributed by atoms with E-state index >= 15 is 0 Å². The van der Waals surface area contributed by atoms with Crippen LogP contribution in [0.2, 0.25) is 0 Å². The van der Waals surface area contributed by atoms with Gasteiger partial charge in [-0.25, -0.2) is 4.98 Å². The van der Waals surface area contributed by atoms with E-state index in [1.54, 1.807) is 25.2 Å². The van der Waals surface area contributed by atoms with Crippen LogP contribution in [0.25, 0.3) is 10.9 Å². The van der Waals surface area contributed by atoms with Crippen LogP contribution in [0.1, 0.15) is 23.2 Å². The number of carbonyl (C=O) groups excluding carboxylic acids is 1. The van der Waals surface area contributed by atoms with E-state index < -0.39 is 0 Å². The minimum atomic E-state index is -0.128. The maximum Gasteiger partial charge on any atom is 0.260 e. The number of benzene rings is 1. The lowest BCUT2D eigenvalue weighted by Gasteiger charge is -2.29. The number of aliphatic hydroxyl groups excluding tert-OH is 1. The highest BCUT2D eigenvalue weighted by molar-refractivity contribution is 5.97. The molecule has 0 unspecified atom stereocenters. The van der Waals surface area contributed by atoms with Crippen LogP contribution < -0.4 is 5.56 Å². The predicted molar refractivity (Wildman–Crippen MR) is 100 cm³/mol. The molecular weight excluding hydrogens is 332 g/mol. The monoisotopic (exact) mass is 358 g/mol. The predicted octanol–water partition coefficient (Wildman–Crippen LogP) is 0.708. The summed E-state index contributed by atoms with van der Waals surface area (Å²) < 4.78 is 1.42. The van der Waals surface area contributed by atoms with Crippen molar-refractivity contribution in [2.75, 3.05) is 33.8 Å². The molecule has 2 heterocycles. The van der Waals surface area contributed by atoms with Crippen molar-refractivity contribution >= 4 is 16.8 Å². The van der Waals surface area contributed by atoms with E-state index in [1.807, 2.05) is 19.0 Å². The van der Waals surface area contributed by atoms with Crippen molar-refractivity contribution in [1.29, 1.82) is 0 Å². The molecule has 1 N–H and O–H groups in total. The molecule has 7 nitrogen and oxygen atoms in total. The number of nitrogens with zero attached hydrogens (tertiary/aromatic N) is 4. The lowest BCUT2D eigenvalue weighted by molar-refractivity contribution is 0.0689. The molecule has 0 bridgehead atoms. The Morgan fingerprint density at radius 2 is 2.08 bits per heavy atom. The van der Waals surface area contributed by atoms with Crippen LogP contribution in [-0.4, -0.2) is 70.2 Å². The first kappa shape index (κ1) is 18.5. The number of likely N-dealkylation sites (tertiary alicyclic amines) is 1. The lowest BCUT2D eigenvalue weighted by atomic mass is 10.0. The largest absolute Gasteiger partial charge is 0.396 e. The highest BCUT2D eigenvalue weighted by Crippen LogP contribution is 2.21. The third-order valence-corrected chi connectivity index (χ3v) is 5.26. The Labute approximate surface area is 152 Å². The maximum absolute atomic E-state index is 13.1. The van der Waals surface area contributed by atoms with Crippen LogP contribution in [0.5, 0.6) is 0 Å². The topological polar surface area (TPSA) is 78.7 Å². The molecule has 1 aliphatic rings. The van der Waals surface area contributed by atoms with E-state index in [9.17, 15) is 14.7 Å². The molecule has 1 amide bonds. The number of carbonyl (C=O) groups is 1. The van der Waals surface area contributed by atoms with Crippen LogP contribution in [0, 0.1) is 5.92 Å². The number of hydrogen-bond acceptors (Lipinski definition) is 5. The first-order valence-corrected chi connectivity index (χ1v) is 8.92. The molecule has 0 spiro atoms. The lowest BCUT2D eigenvalue weighted by Crippen LogP contribution is -2.42. The summed E-state index contributed by atoms with van der Waals surface area (Å²) in [6.45, 7) is 1.26. The van der Waals surface area contributed by atoms with Crippen molar-refractivity contribution in [2.24, 2.45) is 13.0 Å². The summed E-state index contributed by atoms with van der Waals surface area (Å²) in [5.74, 6) is 0.0105.